The maximum atomic E-state index is 13.1. The van der Waals surface area contributed by atoms with E-state index in [-0.39, 0.29) is 11.9 Å². The zero-order valence-electron chi connectivity index (χ0n) is 13.8. The summed E-state index contributed by atoms with van der Waals surface area (Å²) in [5.41, 5.74) is 3.41. The second kappa shape index (κ2) is 7.55. The van der Waals surface area contributed by atoms with Crippen LogP contribution in [0.1, 0.15) is 23.8 Å². The zero-order chi connectivity index (χ0) is 17.1. The van der Waals surface area contributed by atoms with Crippen LogP contribution >= 0.6 is 20.2 Å². The molecule has 0 saturated carbocycles. The van der Waals surface area contributed by atoms with Gasteiger partial charge in [0.25, 0.3) is 0 Å². The van der Waals surface area contributed by atoms with Crippen LogP contribution in [0.2, 0.25) is 5.02 Å². The number of hydrogen-bond acceptors (Lipinski definition) is 2. The summed E-state index contributed by atoms with van der Waals surface area (Å²) in [4.78, 5) is 2.33. The molecular formula is C19H21ClFN2P. The number of halogens is 2. The summed E-state index contributed by atoms with van der Waals surface area (Å²) < 4.78 is 13.1. The molecule has 1 heterocycles. The lowest BCUT2D eigenvalue weighted by Crippen LogP contribution is -2.31. The van der Waals surface area contributed by atoms with Crippen LogP contribution in [-0.2, 0) is 0 Å². The first-order chi connectivity index (χ1) is 11.5. The van der Waals surface area contributed by atoms with Crippen molar-refractivity contribution < 1.29 is 4.39 Å². The third-order valence-electron chi connectivity index (χ3n) is 4.11. The maximum absolute atomic E-state index is 13.1. The lowest BCUT2D eigenvalue weighted by molar-refractivity contribution is 0.352. The fourth-order valence-corrected chi connectivity index (χ4v) is 4.38. The van der Waals surface area contributed by atoms with E-state index in [0.29, 0.717) is 14.4 Å². The van der Waals surface area contributed by atoms with Gasteiger partial charge in [-0.2, -0.15) is 0 Å². The number of benzene rings is 2. The number of hydrogen-bond donors (Lipinski definition) is 1. The van der Waals surface area contributed by atoms with Crippen LogP contribution in [0, 0.1) is 12.7 Å². The predicted molar refractivity (Wildman–Crippen MR) is 103 cm³/mol. The largest absolute Gasteiger partial charge is 0.381 e. The van der Waals surface area contributed by atoms with Gasteiger partial charge in [0.2, 0.25) is 0 Å². The van der Waals surface area contributed by atoms with E-state index in [1.165, 1.54) is 12.1 Å². The molecule has 5 heteroatoms. The van der Waals surface area contributed by atoms with Crippen LogP contribution in [0.5, 0.6) is 0 Å². The Morgan fingerprint density at radius 1 is 1.25 bits per heavy atom. The Labute approximate surface area is 149 Å². The van der Waals surface area contributed by atoms with Crippen molar-refractivity contribution in [1.29, 1.82) is 0 Å². The minimum absolute atomic E-state index is 0.187. The lowest BCUT2D eigenvalue weighted by Gasteiger charge is -2.29. The van der Waals surface area contributed by atoms with Gasteiger partial charge >= 0.3 is 0 Å². The van der Waals surface area contributed by atoms with Crippen molar-refractivity contribution in [3.8, 4) is 0 Å². The van der Waals surface area contributed by atoms with E-state index < -0.39 is 0 Å². The van der Waals surface area contributed by atoms with E-state index >= 15 is 0 Å². The third-order valence-corrected chi connectivity index (χ3v) is 5.67. The minimum atomic E-state index is -0.187. The molecule has 0 saturated heterocycles. The topological polar surface area (TPSA) is 15.3 Å². The monoisotopic (exact) mass is 362 g/mol. The minimum Gasteiger partial charge on any atom is -0.381 e. The van der Waals surface area contributed by atoms with Crippen molar-refractivity contribution >= 4 is 25.9 Å². The van der Waals surface area contributed by atoms with Gasteiger partial charge in [0, 0.05) is 29.5 Å². The highest BCUT2D eigenvalue weighted by molar-refractivity contribution is 7.42. The van der Waals surface area contributed by atoms with Gasteiger partial charge in [0.15, 0.2) is 0 Å². The summed E-state index contributed by atoms with van der Waals surface area (Å²) in [5.74, 6) is 2.32. The molecule has 2 aromatic carbocycles. The number of rotatable bonds is 5. The second-order valence-electron chi connectivity index (χ2n) is 6.14. The molecule has 1 N–H and O–H groups in total. The van der Waals surface area contributed by atoms with Crippen molar-refractivity contribution in [3.05, 3.63) is 76.4 Å². The zero-order valence-corrected chi connectivity index (χ0v) is 15.5. The normalized spacial score (nSPS) is 19.0. The maximum Gasteiger partial charge on any atom is 0.123 e. The summed E-state index contributed by atoms with van der Waals surface area (Å²) in [6.45, 7) is 5.11. The predicted octanol–water partition coefficient (Wildman–Crippen LogP) is 5.75. The first kappa shape index (κ1) is 17.3. The molecule has 2 nitrogen and oxygen atoms in total. The van der Waals surface area contributed by atoms with E-state index in [9.17, 15) is 4.39 Å². The molecule has 0 spiro atoms. The second-order valence-corrected chi connectivity index (χ2v) is 7.79. The molecule has 0 aliphatic carbocycles. The Hall–Kier alpha value is -1.57. The Kier molecular flexibility index (Phi) is 5.43. The Bertz CT molecular complexity index is 733. The molecule has 0 fully saturated rings. The van der Waals surface area contributed by atoms with Crippen LogP contribution in [0.15, 0.2) is 54.5 Å². The van der Waals surface area contributed by atoms with Gasteiger partial charge in [-0.1, -0.05) is 32.3 Å². The summed E-state index contributed by atoms with van der Waals surface area (Å²) in [6, 6.07) is 13.0. The molecule has 0 bridgehead atoms. The van der Waals surface area contributed by atoms with Gasteiger partial charge in [-0.25, -0.2) is 4.39 Å². The number of aryl methyl sites for hydroxylation is 1. The molecule has 1 aliphatic heterocycles. The van der Waals surface area contributed by atoms with Gasteiger partial charge in [-0.3, -0.25) is 0 Å². The average molecular weight is 363 g/mol. The van der Waals surface area contributed by atoms with E-state index in [1.807, 2.05) is 30.3 Å². The highest BCUT2D eigenvalue weighted by Crippen LogP contribution is 2.44. The van der Waals surface area contributed by atoms with Crippen LogP contribution in [0.4, 0.5) is 10.1 Å². The highest BCUT2D eigenvalue weighted by Gasteiger charge is 2.22. The number of nitrogens with one attached hydrogen (secondary N) is 1. The van der Waals surface area contributed by atoms with Crippen LogP contribution in [-0.4, -0.2) is 17.5 Å². The van der Waals surface area contributed by atoms with Gasteiger partial charge in [-0.15, -0.1) is 0 Å². The van der Waals surface area contributed by atoms with Crippen molar-refractivity contribution in [2.75, 3.05) is 11.9 Å². The molecule has 0 amide bonds. The van der Waals surface area contributed by atoms with Crippen LogP contribution in [0.3, 0.4) is 0 Å². The van der Waals surface area contributed by atoms with Crippen molar-refractivity contribution in [1.82, 2.24) is 4.90 Å². The molecule has 24 heavy (non-hydrogen) atoms. The van der Waals surface area contributed by atoms with Crippen molar-refractivity contribution in [2.45, 2.75) is 25.7 Å². The van der Waals surface area contributed by atoms with Crippen molar-refractivity contribution in [2.24, 2.45) is 0 Å². The smallest absolute Gasteiger partial charge is 0.123 e. The average Bonchev–Trinajstić information content (AvgIpc) is 2.99. The molecular weight excluding hydrogens is 342 g/mol. The molecule has 2 aromatic rings. The van der Waals surface area contributed by atoms with Gasteiger partial charge in [-0.05, 0) is 61.1 Å². The molecule has 0 aromatic heterocycles. The van der Waals surface area contributed by atoms with Crippen LogP contribution in [0.25, 0.3) is 0 Å². The van der Waals surface area contributed by atoms with E-state index in [4.69, 9.17) is 11.6 Å². The lowest BCUT2D eigenvalue weighted by atomic mass is 10.1. The standard InChI is InChI=1S/C19H21ClFN2P/c1-13-11-16(20)5-8-18(13)22-14(2)12-23-9-10-24-19(23)15-3-6-17(21)7-4-15/h3-11,14,19,22,24H,12H2,1-2H3. The molecule has 0 radical (unpaired) electrons. The highest BCUT2D eigenvalue weighted by atomic mass is 35.5. The van der Waals surface area contributed by atoms with Gasteiger partial charge in [0.05, 0.1) is 5.78 Å². The Morgan fingerprint density at radius 3 is 2.71 bits per heavy atom. The fraction of sp³-hybridized carbons (Fsp3) is 0.263. The molecule has 1 aliphatic rings. The molecule has 3 unspecified atom stereocenters. The van der Waals surface area contributed by atoms with Gasteiger partial charge in [0.1, 0.15) is 5.82 Å². The summed E-state index contributed by atoms with van der Waals surface area (Å²) in [6.07, 6.45) is 2.15. The summed E-state index contributed by atoms with van der Waals surface area (Å²) >= 11 is 6.02. The van der Waals surface area contributed by atoms with Crippen molar-refractivity contribution in [3.63, 3.8) is 0 Å². The third kappa shape index (κ3) is 4.09. The van der Waals surface area contributed by atoms with E-state index in [0.717, 1.165) is 28.4 Å². The molecule has 126 valence electrons. The first-order valence-electron chi connectivity index (χ1n) is 7.99. The first-order valence-corrected chi connectivity index (χ1v) is 9.53. The summed E-state index contributed by atoms with van der Waals surface area (Å²) in [7, 11) is 0.695. The molecule has 3 rings (SSSR count). The number of anilines is 1. The van der Waals surface area contributed by atoms with Gasteiger partial charge < -0.3 is 10.2 Å². The SMILES string of the molecule is Cc1cc(Cl)ccc1NC(C)CN1C=CPC1c1ccc(F)cc1. The van der Waals surface area contributed by atoms with E-state index in [1.54, 1.807) is 0 Å². The molecule has 3 atom stereocenters. The Morgan fingerprint density at radius 2 is 2.00 bits per heavy atom. The summed E-state index contributed by atoms with van der Waals surface area (Å²) in [5, 5.41) is 4.31. The van der Waals surface area contributed by atoms with E-state index in [2.05, 4.69) is 36.1 Å². The van der Waals surface area contributed by atoms with Crippen LogP contribution < -0.4 is 5.32 Å². The quantitative estimate of drug-likeness (QED) is 0.681. The Balaban J connectivity index is 1.65. The number of nitrogens with zero attached hydrogens (tertiary/aromatic N) is 1. The fourth-order valence-electron chi connectivity index (χ4n) is 2.93.